The van der Waals surface area contributed by atoms with E-state index in [4.69, 9.17) is 5.26 Å². The molecule has 0 aliphatic rings. The fourth-order valence-electron chi connectivity index (χ4n) is 1.10. The molecule has 0 spiro atoms. The Morgan fingerprint density at radius 3 is 2.57 bits per heavy atom. The summed E-state index contributed by atoms with van der Waals surface area (Å²) in [5.41, 5.74) is 1.96. The Bertz CT molecular complexity index is 349. The number of anilines is 1. The lowest BCUT2D eigenvalue weighted by atomic mass is 10.1. The smallest absolute Gasteiger partial charge is 0.238 e. The van der Waals surface area contributed by atoms with Gasteiger partial charge in [-0.05, 0) is 24.1 Å². The van der Waals surface area contributed by atoms with Gasteiger partial charge in [0.25, 0.3) is 0 Å². The van der Waals surface area contributed by atoms with Crippen LogP contribution in [0, 0.1) is 11.3 Å². The number of nitriles is 1. The Morgan fingerprint density at radius 2 is 2.07 bits per heavy atom. The Kier molecular flexibility index (Phi) is 3.69. The summed E-state index contributed by atoms with van der Waals surface area (Å²) in [6, 6.07) is 9.40. The van der Waals surface area contributed by atoms with Crippen LogP contribution in [0.2, 0.25) is 0 Å². The van der Waals surface area contributed by atoms with Crippen LogP contribution in [0.1, 0.15) is 18.9 Å². The zero-order valence-corrected chi connectivity index (χ0v) is 8.08. The molecule has 72 valence electrons. The van der Waals surface area contributed by atoms with Crippen LogP contribution in [-0.2, 0) is 11.2 Å². The van der Waals surface area contributed by atoms with E-state index >= 15 is 0 Å². The SMILES string of the molecule is CCc1ccc(NC(=O)CC#N)cc1. The number of carbonyl (C=O) groups excluding carboxylic acids is 1. The summed E-state index contributed by atoms with van der Waals surface area (Å²) >= 11 is 0. The molecule has 0 saturated carbocycles. The molecule has 0 radical (unpaired) electrons. The zero-order valence-electron chi connectivity index (χ0n) is 8.08. The second kappa shape index (κ2) is 5.03. The summed E-state index contributed by atoms with van der Waals surface area (Å²) in [5.74, 6) is -0.267. The molecule has 0 atom stereocenters. The fraction of sp³-hybridized carbons (Fsp3) is 0.273. The van der Waals surface area contributed by atoms with Crippen LogP contribution in [0.3, 0.4) is 0 Å². The monoisotopic (exact) mass is 188 g/mol. The topological polar surface area (TPSA) is 52.9 Å². The number of benzene rings is 1. The van der Waals surface area contributed by atoms with Crippen molar-refractivity contribution in [3.05, 3.63) is 29.8 Å². The van der Waals surface area contributed by atoms with Gasteiger partial charge in [0.05, 0.1) is 6.07 Å². The summed E-state index contributed by atoms with van der Waals surface area (Å²) in [4.78, 5) is 11.0. The van der Waals surface area contributed by atoms with E-state index in [9.17, 15) is 4.79 Å². The van der Waals surface area contributed by atoms with Gasteiger partial charge in [-0.15, -0.1) is 0 Å². The lowest BCUT2D eigenvalue weighted by Crippen LogP contribution is -2.09. The zero-order chi connectivity index (χ0) is 10.4. The molecule has 1 amide bonds. The third-order valence-electron chi connectivity index (χ3n) is 1.89. The first-order valence-electron chi connectivity index (χ1n) is 4.52. The molecule has 3 nitrogen and oxygen atoms in total. The maximum absolute atomic E-state index is 11.0. The molecule has 1 aromatic rings. The average molecular weight is 188 g/mol. The molecular formula is C11H12N2O. The summed E-state index contributed by atoms with van der Waals surface area (Å²) in [5, 5.41) is 10.9. The maximum Gasteiger partial charge on any atom is 0.238 e. The minimum atomic E-state index is -0.267. The Labute approximate surface area is 83.4 Å². The number of carbonyl (C=O) groups is 1. The first kappa shape index (κ1) is 10.3. The maximum atomic E-state index is 11.0. The highest BCUT2D eigenvalue weighted by molar-refractivity contribution is 5.91. The van der Waals surface area contributed by atoms with Gasteiger partial charge in [0.1, 0.15) is 6.42 Å². The van der Waals surface area contributed by atoms with Gasteiger partial charge in [-0.25, -0.2) is 0 Å². The van der Waals surface area contributed by atoms with Gasteiger partial charge in [0.15, 0.2) is 0 Å². The van der Waals surface area contributed by atoms with E-state index in [1.165, 1.54) is 5.56 Å². The van der Waals surface area contributed by atoms with Gasteiger partial charge in [-0.2, -0.15) is 5.26 Å². The van der Waals surface area contributed by atoms with Crippen molar-refractivity contribution in [3.8, 4) is 6.07 Å². The summed E-state index contributed by atoms with van der Waals surface area (Å²) < 4.78 is 0. The molecule has 0 fully saturated rings. The highest BCUT2D eigenvalue weighted by atomic mass is 16.1. The summed E-state index contributed by atoms with van der Waals surface area (Å²) in [6.07, 6.45) is 0.877. The molecule has 0 bridgehead atoms. The normalized spacial score (nSPS) is 9.14. The second-order valence-electron chi connectivity index (χ2n) is 2.93. The number of nitrogens with one attached hydrogen (secondary N) is 1. The van der Waals surface area contributed by atoms with Crippen molar-refractivity contribution in [2.45, 2.75) is 19.8 Å². The van der Waals surface area contributed by atoms with E-state index in [-0.39, 0.29) is 12.3 Å². The Hall–Kier alpha value is -1.82. The predicted octanol–water partition coefficient (Wildman–Crippen LogP) is 2.10. The number of aryl methyl sites for hydroxylation is 1. The fourth-order valence-corrected chi connectivity index (χ4v) is 1.10. The van der Waals surface area contributed by atoms with E-state index in [1.54, 1.807) is 6.07 Å². The van der Waals surface area contributed by atoms with Gasteiger partial charge in [0.2, 0.25) is 5.91 Å². The molecule has 1 N–H and O–H groups in total. The van der Waals surface area contributed by atoms with Crippen molar-refractivity contribution >= 4 is 11.6 Å². The van der Waals surface area contributed by atoms with Gasteiger partial charge in [-0.1, -0.05) is 19.1 Å². The third-order valence-corrected chi connectivity index (χ3v) is 1.89. The average Bonchev–Trinajstić information content (AvgIpc) is 2.19. The first-order valence-corrected chi connectivity index (χ1v) is 4.52. The molecule has 0 saturated heterocycles. The van der Waals surface area contributed by atoms with Gasteiger partial charge in [0, 0.05) is 5.69 Å². The van der Waals surface area contributed by atoms with Crippen molar-refractivity contribution in [1.82, 2.24) is 0 Å². The predicted molar refractivity (Wildman–Crippen MR) is 54.7 cm³/mol. The van der Waals surface area contributed by atoms with Crippen LogP contribution in [0.15, 0.2) is 24.3 Å². The van der Waals surface area contributed by atoms with E-state index in [0.29, 0.717) is 0 Å². The van der Waals surface area contributed by atoms with Crippen LogP contribution in [0.5, 0.6) is 0 Å². The molecule has 1 aromatic carbocycles. The number of hydrogen-bond donors (Lipinski definition) is 1. The largest absolute Gasteiger partial charge is 0.325 e. The minimum Gasteiger partial charge on any atom is -0.325 e. The van der Waals surface area contributed by atoms with E-state index in [1.807, 2.05) is 24.3 Å². The minimum absolute atomic E-state index is 0.102. The molecule has 0 aliphatic carbocycles. The standard InChI is InChI=1S/C11H12N2O/c1-2-9-3-5-10(6-4-9)13-11(14)7-8-12/h3-6H,2,7H2,1H3,(H,13,14). The number of rotatable bonds is 3. The first-order chi connectivity index (χ1) is 6.76. The van der Waals surface area contributed by atoms with Gasteiger partial charge in [-0.3, -0.25) is 4.79 Å². The lowest BCUT2D eigenvalue weighted by molar-refractivity contribution is -0.115. The van der Waals surface area contributed by atoms with E-state index in [2.05, 4.69) is 12.2 Å². The van der Waals surface area contributed by atoms with E-state index in [0.717, 1.165) is 12.1 Å². The van der Waals surface area contributed by atoms with Crippen molar-refractivity contribution in [2.24, 2.45) is 0 Å². The van der Waals surface area contributed by atoms with Gasteiger partial charge < -0.3 is 5.32 Å². The number of nitrogens with zero attached hydrogens (tertiary/aromatic N) is 1. The third kappa shape index (κ3) is 2.91. The molecule has 0 aromatic heterocycles. The van der Waals surface area contributed by atoms with Crippen LogP contribution >= 0.6 is 0 Å². The Morgan fingerprint density at radius 1 is 1.43 bits per heavy atom. The molecule has 0 unspecified atom stereocenters. The van der Waals surface area contributed by atoms with Crippen molar-refractivity contribution < 1.29 is 4.79 Å². The molecular weight excluding hydrogens is 176 g/mol. The van der Waals surface area contributed by atoms with Crippen LogP contribution in [0.25, 0.3) is 0 Å². The highest BCUT2D eigenvalue weighted by Gasteiger charge is 2.00. The summed E-state index contributed by atoms with van der Waals surface area (Å²) in [7, 11) is 0. The quantitative estimate of drug-likeness (QED) is 0.789. The van der Waals surface area contributed by atoms with Crippen LogP contribution < -0.4 is 5.32 Å². The second-order valence-corrected chi connectivity index (χ2v) is 2.93. The summed E-state index contributed by atoms with van der Waals surface area (Å²) in [6.45, 7) is 2.07. The van der Waals surface area contributed by atoms with Gasteiger partial charge >= 0.3 is 0 Å². The molecule has 3 heteroatoms. The van der Waals surface area contributed by atoms with E-state index < -0.39 is 0 Å². The van der Waals surface area contributed by atoms with Crippen molar-refractivity contribution in [3.63, 3.8) is 0 Å². The molecule has 0 heterocycles. The number of amides is 1. The molecule has 1 rings (SSSR count). The Balaban J connectivity index is 2.60. The van der Waals surface area contributed by atoms with Crippen LogP contribution in [-0.4, -0.2) is 5.91 Å². The van der Waals surface area contributed by atoms with Crippen molar-refractivity contribution in [2.75, 3.05) is 5.32 Å². The molecule has 14 heavy (non-hydrogen) atoms. The highest BCUT2D eigenvalue weighted by Crippen LogP contribution is 2.09. The molecule has 0 aliphatic heterocycles. The lowest BCUT2D eigenvalue weighted by Gasteiger charge is -2.03. The number of hydrogen-bond acceptors (Lipinski definition) is 2. The van der Waals surface area contributed by atoms with Crippen LogP contribution in [0.4, 0.5) is 5.69 Å². The van der Waals surface area contributed by atoms with Crippen molar-refractivity contribution in [1.29, 1.82) is 5.26 Å².